The molecule has 0 spiro atoms. The van der Waals surface area contributed by atoms with E-state index in [1.54, 1.807) is 0 Å². The van der Waals surface area contributed by atoms with Crippen molar-refractivity contribution in [3.8, 4) is 0 Å². The minimum absolute atomic E-state index is 0.190. The Morgan fingerprint density at radius 1 is 1.54 bits per heavy atom. The smallest absolute Gasteiger partial charge is 0.137 e. The normalized spacial score (nSPS) is 21.2. The molecule has 1 aromatic carbocycles. The Kier molecular flexibility index (Phi) is 2.65. The molecule has 0 saturated carbocycles. The fourth-order valence-electron chi connectivity index (χ4n) is 1.47. The lowest BCUT2D eigenvalue weighted by Gasteiger charge is -2.27. The van der Waals surface area contributed by atoms with Gasteiger partial charge >= 0.3 is 0 Å². The van der Waals surface area contributed by atoms with Gasteiger partial charge in [0.15, 0.2) is 0 Å². The van der Waals surface area contributed by atoms with Gasteiger partial charge in [-0.05, 0) is 53.0 Å². The van der Waals surface area contributed by atoms with Crippen molar-refractivity contribution in [3.05, 3.63) is 34.1 Å². The summed E-state index contributed by atoms with van der Waals surface area (Å²) in [5.41, 5.74) is 1.19. The fraction of sp³-hybridized carbons (Fsp3) is 0.400. The highest BCUT2D eigenvalue weighted by molar-refractivity contribution is 9.10. The van der Waals surface area contributed by atoms with Gasteiger partial charge in [-0.25, -0.2) is 4.39 Å². The molecule has 0 aliphatic carbocycles. The summed E-state index contributed by atoms with van der Waals surface area (Å²) < 4.78 is 13.4. The SMILES string of the molecule is Fc1ccc(CC2CCN2)cc1Br. The van der Waals surface area contributed by atoms with E-state index < -0.39 is 0 Å². The molecule has 1 atom stereocenters. The summed E-state index contributed by atoms with van der Waals surface area (Å²) in [6, 6.07) is 5.81. The van der Waals surface area contributed by atoms with E-state index in [1.165, 1.54) is 18.1 Å². The van der Waals surface area contributed by atoms with E-state index in [1.807, 2.05) is 12.1 Å². The van der Waals surface area contributed by atoms with Gasteiger partial charge in [0.25, 0.3) is 0 Å². The molecule has 1 N–H and O–H groups in total. The highest BCUT2D eigenvalue weighted by Gasteiger charge is 2.16. The number of hydrogen-bond donors (Lipinski definition) is 1. The number of benzene rings is 1. The third kappa shape index (κ3) is 2.09. The first kappa shape index (κ1) is 9.16. The van der Waals surface area contributed by atoms with Crippen LogP contribution in [-0.2, 0) is 6.42 Å². The molecule has 1 nitrogen and oxygen atoms in total. The summed E-state index contributed by atoms with van der Waals surface area (Å²) >= 11 is 3.18. The summed E-state index contributed by atoms with van der Waals surface area (Å²) in [6.07, 6.45) is 2.23. The topological polar surface area (TPSA) is 12.0 Å². The minimum atomic E-state index is -0.190. The fourth-order valence-corrected chi connectivity index (χ4v) is 1.90. The van der Waals surface area contributed by atoms with Gasteiger partial charge in [0.1, 0.15) is 5.82 Å². The van der Waals surface area contributed by atoms with E-state index in [9.17, 15) is 4.39 Å². The molecule has 1 fully saturated rings. The second-order valence-corrected chi connectivity index (χ2v) is 4.25. The van der Waals surface area contributed by atoms with Crippen LogP contribution >= 0.6 is 15.9 Å². The summed E-state index contributed by atoms with van der Waals surface area (Å²) in [4.78, 5) is 0. The first-order chi connectivity index (χ1) is 6.25. The van der Waals surface area contributed by atoms with E-state index >= 15 is 0 Å². The standard InChI is InChI=1S/C10H11BrFN/c11-9-6-7(1-2-10(9)12)5-8-3-4-13-8/h1-2,6,8,13H,3-5H2. The zero-order chi connectivity index (χ0) is 9.26. The van der Waals surface area contributed by atoms with Gasteiger partial charge in [0, 0.05) is 6.04 Å². The number of hydrogen-bond acceptors (Lipinski definition) is 1. The molecule has 3 heteroatoms. The molecular formula is C10H11BrFN. The maximum atomic E-state index is 12.9. The molecule has 1 aliphatic heterocycles. The van der Waals surface area contributed by atoms with Crippen molar-refractivity contribution in [2.45, 2.75) is 18.9 Å². The van der Waals surface area contributed by atoms with Crippen molar-refractivity contribution >= 4 is 15.9 Å². The molecule has 13 heavy (non-hydrogen) atoms. The molecule has 0 bridgehead atoms. The Balaban J connectivity index is 2.07. The van der Waals surface area contributed by atoms with Crippen LogP contribution in [0.2, 0.25) is 0 Å². The Bertz CT molecular complexity index is 310. The highest BCUT2D eigenvalue weighted by atomic mass is 79.9. The van der Waals surface area contributed by atoms with Gasteiger partial charge in [-0.2, -0.15) is 0 Å². The van der Waals surface area contributed by atoms with E-state index in [0.717, 1.165) is 13.0 Å². The average Bonchev–Trinajstić information content (AvgIpc) is 2.04. The largest absolute Gasteiger partial charge is 0.314 e. The maximum Gasteiger partial charge on any atom is 0.137 e. The van der Waals surface area contributed by atoms with Crippen molar-refractivity contribution in [2.24, 2.45) is 0 Å². The first-order valence-electron chi connectivity index (χ1n) is 4.43. The predicted octanol–water partition coefficient (Wildman–Crippen LogP) is 2.49. The van der Waals surface area contributed by atoms with Gasteiger partial charge in [-0.15, -0.1) is 0 Å². The van der Waals surface area contributed by atoms with Crippen molar-refractivity contribution in [1.29, 1.82) is 0 Å². The quantitative estimate of drug-likeness (QED) is 0.842. The van der Waals surface area contributed by atoms with Crippen LogP contribution in [0.15, 0.2) is 22.7 Å². The zero-order valence-corrected chi connectivity index (χ0v) is 8.77. The average molecular weight is 244 g/mol. The molecule has 1 aliphatic rings. The molecule has 0 aromatic heterocycles. The van der Waals surface area contributed by atoms with Crippen LogP contribution < -0.4 is 5.32 Å². The molecule has 0 amide bonds. The second-order valence-electron chi connectivity index (χ2n) is 3.39. The van der Waals surface area contributed by atoms with Crippen molar-refractivity contribution < 1.29 is 4.39 Å². The number of halogens is 2. The van der Waals surface area contributed by atoms with Crippen LogP contribution in [0.5, 0.6) is 0 Å². The number of nitrogens with one attached hydrogen (secondary N) is 1. The van der Waals surface area contributed by atoms with E-state index in [4.69, 9.17) is 0 Å². The monoisotopic (exact) mass is 243 g/mol. The third-order valence-corrected chi connectivity index (χ3v) is 3.00. The summed E-state index contributed by atoms with van der Waals surface area (Å²) in [7, 11) is 0. The molecule has 70 valence electrons. The first-order valence-corrected chi connectivity index (χ1v) is 5.22. The van der Waals surface area contributed by atoms with Crippen LogP contribution in [0.4, 0.5) is 4.39 Å². The molecule has 1 saturated heterocycles. The van der Waals surface area contributed by atoms with Crippen molar-refractivity contribution in [1.82, 2.24) is 5.32 Å². The molecule has 0 radical (unpaired) electrons. The van der Waals surface area contributed by atoms with Crippen molar-refractivity contribution in [2.75, 3.05) is 6.54 Å². The third-order valence-electron chi connectivity index (χ3n) is 2.39. The lowest BCUT2D eigenvalue weighted by Crippen LogP contribution is -2.44. The summed E-state index contributed by atoms with van der Waals surface area (Å²) in [5, 5.41) is 3.32. The van der Waals surface area contributed by atoms with Crippen LogP contribution in [-0.4, -0.2) is 12.6 Å². The lowest BCUT2D eigenvalue weighted by atomic mass is 9.98. The van der Waals surface area contributed by atoms with Crippen LogP contribution in [0, 0.1) is 5.82 Å². The van der Waals surface area contributed by atoms with Gasteiger partial charge < -0.3 is 5.32 Å². The maximum absolute atomic E-state index is 12.9. The van der Waals surface area contributed by atoms with Crippen molar-refractivity contribution in [3.63, 3.8) is 0 Å². The molecule has 2 rings (SSSR count). The van der Waals surface area contributed by atoms with E-state index in [0.29, 0.717) is 10.5 Å². The molecule has 1 aromatic rings. The van der Waals surface area contributed by atoms with Gasteiger partial charge in [-0.1, -0.05) is 6.07 Å². The zero-order valence-electron chi connectivity index (χ0n) is 7.19. The molecule has 1 unspecified atom stereocenters. The van der Waals surface area contributed by atoms with Gasteiger partial charge in [0.05, 0.1) is 4.47 Å². The minimum Gasteiger partial charge on any atom is -0.314 e. The molecular weight excluding hydrogens is 233 g/mol. The number of rotatable bonds is 2. The Labute approximate surface area is 85.5 Å². The Morgan fingerprint density at radius 3 is 2.85 bits per heavy atom. The molecule has 1 heterocycles. The second kappa shape index (κ2) is 3.76. The van der Waals surface area contributed by atoms with E-state index in [2.05, 4.69) is 21.2 Å². The summed E-state index contributed by atoms with van der Waals surface area (Å²) in [6.45, 7) is 1.12. The van der Waals surface area contributed by atoms with Crippen LogP contribution in [0.1, 0.15) is 12.0 Å². The van der Waals surface area contributed by atoms with Crippen LogP contribution in [0.25, 0.3) is 0 Å². The van der Waals surface area contributed by atoms with Crippen LogP contribution in [0.3, 0.4) is 0 Å². The van der Waals surface area contributed by atoms with Gasteiger partial charge in [0.2, 0.25) is 0 Å². The highest BCUT2D eigenvalue weighted by Crippen LogP contribution is 2.19. The predicted molar refractivity (Wildman–Crippen MR) is 54.2 cm³/mol. The summed E-state index contributed by atoms with van der Waals surface area (Å²) in [5.74, 6) is -0.190. The Hall–Kier alpha value is -0.410. The van der Waals surface area contributed by atoms with E-state index in [-0.39, 0.29) is 5.82 Å². The Morgan fingerprint density at radius 2 is 2.31 bits per heavy atom. The van der Waals surface area contributed by atoms with Gasteiger partial charge in [-0.3, -0.25) is 0 Å². The lowest BCUT2D eigenvalue weighted by molar-refractivity contribution is 0.369.